The molecule has 6 heteroatoms. The summed E-state index contributed by atoms with van der Waals surface area (Å²) in [7, 11) is 0. The number of amidine groups is 2. The van der Waals surface area contributed by atoms with Crippen molar-refractivity contribution in [1.82, 2.24) is 0 Å². The molecule has 0 spiro atoms. The summed E-state index contributed by atoms with van der Waals surface area (Å²) in [5.41, 5.74) is 0. The van der Waals surface area contributed by atoms with E-state index in [2.05, 4.69) is 51.8 Å². The number of hydrogen-bond acceptors (Lipinski definition) is 4. The number of nitrogens with zero attached hydrogens (tertiary/aromatic N) is 4. The molecule has 0 aromatic rings. The van der Waals surface area contributed by atoms with Gasteiger partial charge in [0, 0.05) is 0 Å². The third-order valence-corrected chi connectivity index (χ3v) is 2.25. The van der Waals surface area contributed by atoms with E-state index >= 15 is 0 Å². The van der Waals surface area contributed by atoms with Crippen LogP contribution in [0.3, 0.4) is 0 Å². The molecular weight excluding hydrogens is 276 g/mol. The first kappa shape index (κ1) is 7.30. The van der Waals surface area contributed by atoms with Crippen molar-refractivity contribution in [1.29, 1.82) is 0 Å². The van der Waals surface area contributed by atoms with Gasteiger partial charge in [-0.25, -0.2) is 15.0 Å². The van der Waals surface area contributed by atoms with Gasteiger partial charge in [0.15, 0.2) is 16.6 Å². The van der Waals surface area contributed by atoms with Crippen molar-refractivity contribution in [2.24, 2.45) is 20.0 Å². The van der Waals surface area contributed by atoms with Gasteiger partial charge in [-0.3, -0.25) is 4.99 Å². The zero-order chi connectivity index (χ0) is 7.84. The molecule has 1 unspecified atom stereocenters. The Hall–Kier alpha value is -0.360. The number of fused-ring (bicyclic) bond motifs is 1. The highest BCUT2D eigenvalue weighted by Crippen LogP contribution is 2.16. The third kappa shape index (κ3) is 1.20. The summed E-state index contributed by atoms with van der Waals surface area (Å²) < 4.78 is 1.27. The Morgan fingerprint density at radius 3 is 2.91 bits per heavy atom. The summed E-state index contributed by atoms with van der Waals surface area (Å²) in [6.45, 7) is 0. The maximum absolute atomic E-state index is 4.04. The van der Waals surface area contributed by atoms with E-state index in [9.17, 15) is 0 Å². The molecule has 0 N–H and O–H groups in total. The number of aliphatic imine (C=N–C) groups is 4. The molecule has 2 rings (SSSR count). The van der Waals surface area contributed by atoms with Gasteiger partial charge in [-0.15, -0.1) is 0 Å². The highest BCUT2D eigenvalue weighted by molar-refractivity contribution is 9.19. The monoisotopic (exact) mass is 276 g/mol. The van der Waals surface area contributed by atoms with E-state index in [0.29, 0.717) is 10.6 Å². The number of hydrogen-bond donors (Lipinski definition) is 0. The van der Waals surface area contributed by atoms with Crippen molar-refractivity contribution in [2.75, 3.05) is 0 Å². The van der Waals surface area contributed by atoms with Crippen LogP contribution in [-0.4, -0.2) is 27.6 Å². The molecule has 2 heterocycles. The van der Waals surface area contributed by atoms with Crippen LogP contribution >= 0.6 is 31.9 Å². The van der Waals surface area contributed by atoms with Crippen LogP contribution in [0.15, 0.2) is 20.0 Å². The maximum Gasteiger partial charge on any atom is 0.199 e. The Morgan fingerprint density at radius 1 is 1.27 bits per heavy atom. The SMILES string of the molecule is BrC1=NC2=NC=NC2C(Br)=N1. The molecule has 0 saturated carbocycles. The van der Waals surface area contributed by atoms with Crippen molar-refractivity contribution in [2.45, 2.75) is 6.04 Å². The second-order valence-electron chi connectivity index (χ2n) is 1.97. The molecule has 11 heavy (non-hydrogen) atoms. The molecule has 2 aliphatic heterocycles. The molecule has 0 aliphatic carbocycles. The quantitative estimate of drug-likeness (QED) is 0.601. The fourth-order valence-corrected chi connectivity index (χ4v) is 1.92. The predicted octanol–water partition coefficient (Wildman–Crippen LogP) is 1.35. The van der Waals surface area contributed by atoms with Gasteiger partial charge in [-0.1, -0.05) is 0 Å². The summed E-state index contributed by atoms with van der Waals surface area (Å²) in [4.78, 5) is 16.1. The summed E-state index contributed by atoms with van der Waals surface area (Å²) in [5.74, 6) is 0.679. The van der Waals surface area contributed by atoms with E-state index in [-0.39, 0.29) is 6.04 Å². The normalized spacial score (nSPS) is 27.5. The van der Waals surface area contributed by atoms with E-state index in [1.165, 1.54) is 6.34 Å². The molecule has 56 valence electrons. The molecule has 1 atom stereocenters. The van der Waals surface area contributed by atoms with Crippen molar-refractivity contribution in [3.8, 4) is 0 Å². The van der Waals surface area contributed by atoms with Crippen LogP contribution in [0.2, 0.25) is 0 Å². The van der Waals surface area contributed by atoms with Crippen LogP contribution < -0.4 is 0 Å². The minimum Gasteiger partial charge on any atom is -0.255 e. The fourth-order valence-electron chi connectivity index (χ4n) is 0.823. The molecule has 0 bridgehead atoms. The third-order valence-electron chi connectivity index (χ3n) is 1.28. The summed E-state index contributed by atoms with van der Waals surface area (Å²) in [5, 5.41) is 0. The van der Waals surface area contributed by atoms with Crippen molar-refractivity contribution in [3.05, 3.63) is 0 Å². The van der Waals surface area contributed by atoms with Gasteiger partial charge >= 0.3 is 0 Å². The molecule has 0 amide bonds. The zero-order valence-corrected chi connectivity index (χ0v) is 8.37. The van der Waals surface area contributed by atoms with Gasteiger partial charge in [0.1, 0.15) is 11.0 Å². The molecule has 0 aromatic carbocycles. The van der Waals surface area contributed by atoms with Gasteiger partial charge in [0.2, 0.25) is 0 Å². The molecule has 2 aliphatic rings. The lowest BCUT2D eigenvalue weighted by molar-refractivity contribution is 1.16. The highest BCUT2D eigenvalue weighted by atomic mass is 79.9. The Balaban J connectivity index is 2.45. The Labute approximate surface area is 79.5 Å². The smallest absolute Gasteiger partial charge is 0.199 e. The number of rotatable bonds is 0. The lowest BCUT2D eigenvalue weighted by Gasteiger charge is -2.09. The molecule has 0 aromatic heterocycles. The molecule has 0 fully saturated rings. The lowest BCUT2D eigenvalue weighted by Crippen LogP contribution is -2.25. The fraction of sp³-hybridized carbons (Fsp3) is 0.200. The first-order valence-corrected chi connectivity index (χ1v) is 4.43. The van der Waals surface area contributed by atoms with Gasteiger partial charge in [-0.2, -0.15) is 0 Å². The van der Waals surface area contributed by atoms with Crippen molar-refractivity contribution >= 4 is 53.4 Å². The Bertz CT molecular complexity index is 314. The van der Waals surface area contributed by atoms with Gasteiger partial charge < -0.3 is 0 Å². The van der Waals surface area contributed by atoms with Crippen LogP contribution in [0.25, 0.3) is 0 Å². The predicted molar refractivity (Wildman–Crippen MR) is 52.4 cm³/mol. The standard InChI is InChI=1S/C5H2Br2N4/c6-3-2-4(9-1-8-2)11-5(7)10-3/h1-2H. The Morgan fingerprint density at radius 2 is 2.09 bits per heavy atom. The minimum atomic E-state index is -0.115. The molecule has 0 radical (unpaired) electrons. The van der Waals surface area contributed by atoms with E-state index < -0.39 is 0 Å². The second-order valence-corrected chi connectivity index (χ2v) is 3.49. The molecule has 4 nitrogen and oxygen atoms in total. The van der Waals surface area contributed by atoms with Crippen LogP contribution in [0, 0.1) is 0 Å². The largest absolute Gasteiger partial charge is 0.255 e. The topological polar surface area (TPSA) is 49.4 Å². The van der Waals surface area contributed by atoms with Gasteiger partial charge in [0.05, 0.1) is 0 Å². The average molecular weight is 278 g/mol. The van der Waals surface area contributed by atoms with E-state index in [1.807, 2.05) is 0 Å². The summed E-state index contributed by atoms with van der Waals surface area (Å²) >= 11 is 6.44. The van der Waals surface area contributed by atoms with Crippen LogP contribution in [0.4, 0.5) is 0 Å². The van der Waals surface area contributed by atoms with Gasteiger partial charge in [-0.05, 0) is 31.9 Å². The molecule has 0 saturated heterocycles. The van der Waals surface area contributed by atoms with E-state index in [1.54, 1.807) is 0 Å². The summed E-state index contributed by atoms with van der Waals surface area (Å²) in [6.07, 6.45) is 1.49. The number of halogens is 2. The van der Waals surface area contributed by atoms with E-state index in [0.717, 1.165) is 4.62 Å². The van der Waals surface area contributed by atoms with Crippen LogP contribution in [0.5, 0.6) is 0 Å². The maximum atomic E-state index is 4.04. The van der Waals surface area contributed by atoms with Crippen LogP contribution in [0.1, 0.15) is 0 Å². The minimum absolute atomic E-state index is 0.115. The highest BCUT2D eigenvalue weighted by Gasteiger charge is 2.25. The van der Waals surface area contributed by atoms with E-state index in [4.69, 9.17) is 0 Å². The first-order valence-electron chi connectivity index (χ1n) is 2.85. The van der Waals surface area contributed by atoms with Crippen molar-refractivity contribution in [3.63, 3.8) is 0 Å². The average Bonchev–Trinajstić information content (AvgIpc) is 2.34. The zero-order valence-electron chi connectivity index (χ0n) is 5.20. The Kier molecular flexibility index (Phi) is 1.72. The summed E-state index contributed by atoms with van der Waals surface area (Å²) in [6, 6.07) is -0.115. The molecular formula is C5H2Br2N4. The first-order chi connectivity index (χ1) is 5.27. The van der Waals surface area contributed by atoms with Crippen molar-refractivity contribution < 1.29 is 0 Å². The van der Waals surface area contributed by atoms with Gasteiger partial charge in [0.25, 0.3) is 0 Å². The van der Waals surface area contributed by atoms with Crippen LogP contribution in [-0.2, 0) is 0 Å². The lowest BCUT2D eigenvalue weighted by atomic mass is 10.3. The second kappa shape index (κ2) is 2.60.